The Labute approximate surface area is 101 Å². The number of nitrogens with zero attached hydrogens (tertiary/aromatic N) is 2. The van der Waals surface area contributed by atoms with Gasteiger partial charge in [0.2, 0.25) is 5.91 Å². The van der Waals surface area contributed by atoms with E-state index >= 15 is 0 Å². The second-order valence-corrected chi connectivity index (χ2v) is 5.66. The van der Waals surface area contributed by atoms with E-state index in [9.17, 15) is 4.79 Å². The van der Waals surface area contributed by atoms with E-state index in [1.165, 1.54) is 0 Å². The first-order chi connectivity index (χ1) is 7.49. The molecule has 90 valence electrons. The first-order valence-corrected chi connectivity index (χ1v) is 6.43. The van der Waals surface area contributed by atoms with Crippen molar-refractivity contribution in [3.05, 3.63) is 18.0 Å². The van der Waals surface area contributed by atoms with E-state index in [-0.39, 0.29) is 11.9 Å². The van der Waals surface area contributed by atoms with E-state index in [1.807, 2.05) is 20.2 Å². The highest BCUT2D eigenvalue weighted by molar-refractivity contribution is 8.00. The van der Waals surface area contributed by atoms with Crippen molar-refractivity contribution >= 4 is 17.7 Å². The summed E-state index contributed by atoms with van der Waals surface area (Å²) in [5.74, 6) is 0.595. The average Bonchev–Trinajstić information content (AvgIpc) is 2.62. The number of aromatic nitrogens is 2. The van der Waals surface area contributed by atoms with E-state index < -0.39 is 0 Å². The fraction of sp³-hybridized carbons (Fsp3) is 0.636. The van der Waals surface area contributed by atoms with Crippen molar-refractivity contribution in [3.63, 3.8) is 0 Å². The normalized spacial score (nSPS) is 12.8. The highest BCUT2D eigenvalue weighted by Crippen LogP contribution is 2.12. The van der Waals surface area contributed by atoms with Crippen molar-refractivity contribution in [1.82, 2.24) is 15.1 Å². The van der Waals surface area contributed by atoms with E-state index in [0.717, 1.165) is 5.56 Å². The molecule has 0 aromatic carbocycles. The number of hydrogen-bond acceptors (Lipinski definition) is 3. The van der Waals surface area contributed by atoms with Crippen LogP contribution in [-0.4, -0.2) is 26.7 Å². The zero-order valence-corrected chi connectivity index (χ0v) is 11.0. The van der Waals surface area contributed by atoms with Crippen LogP contribution in [0.2, 0.25) is 0 Å². The third-order valence-corrected chi connectivity index (χ3v) is 3.25. The molecule has 4 nitrogen and oxygen atoms in total. The van der Waals surface area contributed by atoms with Gasteiger partial charge >= 0.3 is 0 Å². The Balaban J connectivity index is 2.39. The second-order valence-electron chi connectivity index (χ2n) is 4.10. The van der Waals surface area contributed by atoms with Crippen LogP contribution in [0.4, 0.5) is 0 Å². The van der Waals surface area contributed by atoms with Crippen molar-refractivity contribution in [2.45, 2.75) is 32.1 Å². The van der Waals surface area contributed by atoms with Crippen LogP contribution in [0.25, 0.3) is 0 Å². The number of hydrogen-bond donors (Lipinski definition) is 1. The van der Waals surface area contributed by atoms with Gasteiger partial charge < -0.3 is 5.32 Å². The molecule has 0 fully saturated rings. The smallest absolute Gasteiger partial charge is 0.230 e. The molecular weight excluding hydrogens is 222 g/mol. The quantitative estimate of drug-likeness (QED) is 0.854. The van der Waals surface area contributed by atoms with Crippen LogP contribution >= 0.6 is 11.8 Å². The van der Waals surface area contributed by atoms with E-state index in [2.05, 4.69) is 24.3 Å². The van der Waals surface area contributed by atoms with Crippen molar-refractivity contribution in [1.29, 1.82) is 0 Å². The topological polar surface area (TPSA) is 46.9 Å². The van der Waals surface area contributed by atoms with Gasteiger partial charge in [-0.3, -0.25) is 9.48 Å². The molecular formula is C11H19N3OS. The summed E-state index contributed by atoms with van der Waals surface area (Å²) in [7, 11) is 1.87. The predicted octanol–water partition coefficient (Wildman–Crippen LogP) is 1.74. The standard InChI is InChI=1S/C11H19N3OS/c1-8(2)16-7-11(15)13-9(3)10-5-12-14(4)6-10/h5-6,8-9H,7H2,1-4H3,(H,13,15)/t9-/m0/s1. The van der Waals surface area contributed by atoms with Crippen LogP contribution in [0.15, 0.2) is 12.4 Å². The van der Waals surface area contributed by atoms with Crippen LogP contribution in [0, 0.1) is 0 Å². The summed E-state index contributed by atoms with van der Waals surface area (Å²) in [6.07, 6.45) is 3.70. The Bertz CT molecular complexity index is 349. The van der Waals surface area contributed by atoms with Gasteiger partial charge in [0.25, 0.3) is 0 Å². The zero-order chi connectivity index (χ0) is 12.1. The van der Waals surface area contributed by atoms with Gasteiger partial charge in [-0.2, -0.15) is 5.10 Å². The summed E-state index contributed by atoms with van der Waals surface area (Å²) in [5, 5.41) is 7.52. The molecule has 1 aromatic heterocycles. The lowest BCUT2D eigenvalue weighted by atomic mass is 10.2. The minimum Gasteiger partial charge on any atom is -0.349 e. The Morgan fingerprint density at radius 1 is 1.56 bits per heavy atom. The van der Waals surface area contributed by atoms with Gasteiger partial charge in [0.05, 0.1) is 18.0 Å². The number of amides is 1. The van der Waals surface area contributed by atoms with Gasteiger partial charge in [0.15, 0.2) is 0 Å². The SMILES string of the molecule is CC(C)SCC(=O)N[C@@H](C)c1cnn(C)c1. The van der Waals surface area contributed by atoms with Crippen LogP contribution in [-0.2, 0) is 11.8 Å². The maximum absolute atomic E-state index is 11.6. The Kier molecular flexibility index (Phi) is 4.86. The van der Waals surface area contributed by atoms with Crippen molar-refractivity contribution in [2.24, 2.45) is 7.05 Å². The molecule has 0 saturated heterocycles. The third-order valence-electron chi connectivity index (χ3n) is 2.15. The first-order valence-electron chi connectivity index (χ1n) is 5.38. The number of carbonyl (C=O) groups excluding carboxylic acids is 1. The fourth-order valence-electron chi connectivity index (χ4n) is 1.27. The minimum atomic E-state index is 0.0222. The first kappa shape index (κ1) is 13.1. The van der Waals surface area contributed by atoms with Gasteiger partial charge in [-0.15, -0.1) is 11.8 Å². The highest BCUT2D eigenvalue weighted by atomic mass is 32.2. The Hall–Kier alpha value is -0.970. The van der Waals surface area contributed by atoms with Crippen LogP contribution in [0.5, 0.6) is 0 Å². The summed E-state index contributed by atoms with van der Waals surface area (Å²) in [4.78, 5) is 11.6. The van der Waals surface area contributed by atoms with Gasteiger partial charge in [0.1, 0.15) is 0 Å². The number of carbonyl (C=O) groups is 1. The monoisotopic (exact) mass is 241 g/mol. The fourth-order valence-corrected chi connectivity index (χ4v) is 1.84. The number of rotatable bonds is 5. The molecule has 0 aliphatic heterocycles. The summed E-state index contributed by atoms with van der Waals surface area (Å²) < 4.78 is 1.74. The Morgan fingerprint density at radius 3 is 2.75 bits per heavy atom. The number of nitrogens with one attached hydrogen (secondary N) is 1. The van der Waals surface area contributed by atoms with Gasteiger partial charge in [-0.1, -0.05) is 13.8 Å². The molecule has 0 spiro atoms. The van der Waals surface area contributed by atoms with Gasteiger partial charge in [-0.05, 0) is 12.2 Å². The molecule has 0 aliphatic carbocycles. The molecule has 1 aromatic rings. The molecule has 1 rings (SSSR count). The predicted molar refractivity (Wildman–Crippen MR) is 67.4 cm³/mol. The average molecular weight is 241 g/mol. The molecule has 0 unspecified atom stereocenters. The molecule has 0 radical (unpaired) electrons. The number of aryl methyl sites for hydroxylation is 1. The molecule has 0 saturated carbocycles. The largest absolute Gasteiger partial charge is 0.349 e. The van der Waals surface area contributed by atoms with Crippen molar-refractivity contribution < 1.29 is 4.79 Å². The van der Waals surface area contributed by atoms with Gasteiger partial charge in [0, 0.05) is 18.8 Å². The lowest BCUT2D eigenvalue weighted by Gasteiger charge is -2.12. The van der Waals surface area contributed by atoms with Crippen molar-refractivity contribution in [2.75, 3.05) is 5.75 Å². The van der Waals surface area contributed by atoms with E-state index in [1.54, 1.807) is 22.6 Å². The van der Waals surface area contributed by atoms with E-state index in [4.69, 9.17) is 0 Å². The Morgan fingerprint density at radius 2 is 2.25 bits per heavy atom. The summed E-state index contributed by atoms with van der Waals surface area (Å²) in [6, 6.07) is 0.0222. The summed E-state index contributed by atoms with van der Waals surface area (Å²) in [6.45, 7) is 6.14. The van der Waals surface area contributed by atoms with Crippen LogP contribution in [0.3, 0.4) is 0 Å². The molecule has 1 amide bonds. The lowest BCUT2D eigenvalue weighted by molar-refractivity contribution is -0.119. The molecule has 16 heavy (non-hydrogen) atoms. The molecule has 0 bridgehead atoms. The maximum atomic E-state index is 11.6. The third kappa shape index (κ3) is 4.26. The number of thioether (sulfide) groups is 1. The molecule has 0 aliphatic rings. The van der Waals surface area contributed by atoms with E-state index in [0.29, 0.717) is 11.0 Å². The highest BCUT2D eigenvalue weighted by Gasteiger charge is 2.11. The minimum absolute atomic E-state index is 0.0222. The second kappa shape index (κ2) is 5.94. The molecule has 1 N–H and O–H groups in total. The summed E-state index contributed by atoms with van der Waals surface area (Å²) in [5.41, 5.74) is 1.03. The van der Waals surface area contributed by atoms with Crippen molar-refractivity contribution in [3.8, 4) is 0 Å². The molecule has 1 atom stereocenters. The maximum Gasteiger partial charge on any atom is 0.230 e. The molecule has 1 heterocycles. The molecule has 5 heteroatoms. The van der Waals surface area contributed by atoms with Crippen LogP contribution in [0.1, 0.15) is 32.4 Å². The summed E-state index contributed by atoms with van der Waals surface area (Å²) >= 11 is 1.65. The zero-order valence-electron chi connectivity index (χ0n) is 10.2. The van der Waals surface area contributed by atoms with Crippen LogP contribution < -0.4 is 5.32 Å². The lowest BCUT2D eigenvalue weighted by Crippen LogP contribution is -2.28. The van der Waals surface area contributed by atoms with Gasteiger partial charge in [-0.25, -0.2) is 0 Å².